The highest BCUT2D eigenvalue weighted by atomic mass is 32.1. The summed E-state index contributed by atoms with van der Waals surface area (Å²) in [6.07, 6.45) is 4.09. The molecule has 0 unspecified atom stereocenters. The van der Waals surface area contributed by atoms with E-state index in [0.29, 0.717) is 18.5 Å². The van der Waals surface area contributed by atoms with E-state index in [1.165, 1.54) is 11.3 Å². The lowest BCUT2D eigenvalue weighted by Gasteiger charge is -2.19. The van der Waals surface area contributed by atoms with Crippen LogP contribution in [0.25, 0.3) is 6.08 Å². The number of hydrogen-bond acceptors (Lipinski definition) is 4. The van der Waals surface area contributed by atoms with Crippen LogP contribution in [0.2, 0.25) is 0 Å². The van der Waals surface area contributed by atoms with Crippen molar-refractivity contribution in [2.45, 2.75) is 6.42 Å². The second-order valence-corrected chi connectivity index (χ2v) is 7.17. The van der Waals surface area contributed by atoms with Gasteiger partial charge >= 0.3 is 0 Å². The summed E-state index contributed by atoms with van der Waals surface area (Å²) >= 11 is 1.51. The molecule has 0 aliphatic rings. The molecule has 1 N–H and O–H groups in total. The van der Waals surface area contributed by atoms with Gasteiger partial charge in [0.05, 0.1) is 0 Å². The summed E-state index contributed by atoms with van der Waals surface area (Å²) < 4.78 is 0. The molecule has 0 saturated heterocycles. The van der Waals surface area contributed by atoms with Crippen LogP contribution >= 0.6 is 11.3 Å². The fourth-order valence-corrected chi connectivity index (χ4v) is 3.24. The molecule has 5 nitrogen and oxygen atoms in total. The van der Waals surface area contributed by atoms with Crippen LogP contribution in [0.4, 0.5) is 0 Å². The lowest BCUT2D eigenvalue weighted by Crippen LogP contribution is -2.37. The number of hydrogen-bond donors (Lipinski definition) is 1. The van der Waals surface area contributed by atoms with Gasteiger partial charge in [0.1, 0.15) is 5.70 Å². The highest BCUT2D eigenvalue weighted by molar-refractivity contribution is 7.10. The number of amides is 2. The first-order chi connectivity index (χ1) is 13.6. The third-order valence-corrected chi connectivity index (χ3v) is 4.94. The summed E-state index contributed by atoms with van der Waals surface area (Å²) in [6.45, 7) is 0.499. The van der Waals surface area contributed by atoms with Crippen LogP contribution < -0.4 is 5.32 Å². The molecule has 142 valence electrons. The van der Waals surface area contributed by atoms with Crippen molar-refractivity contribution < 1.29 is 9.59 Å². The van der Waals surface area contributed by atoms with Crippen molar-refractivity contribution in [3.05, 3.63) is 94.1 Å². The van der Waals surface area contributed by atoms with Gasteiger partial charge in [-0.15, -0.1) is 11.3 Å². The third kappa shape index (κ3) is 5.37. The molecule has 0 spiro atoms. The second-order valence-electron chi connectivity index (χ2n) is 6.19. The molecule has 0 fully saturated rings. The summed E-state index contributed by atoms with van der Waals surface area (Å²) in [5.41, 5.74) is 1.67. The summed E-state index contributed by atoms with van der Waals surface area (Å²) in [7, 11) is 1.72. The Morgan fingerprint density at radius 1 is 1.07 bits per heavy atom. The van der Waals surface area contributed by atoms with E-state index >= 15 is 0 Å². The second kappa shape index (κ2) is 9.62. The summed E-state index contributed by atoms with van der Waals surface area (Å²) in [6, 6.07) is 18.4. The van der Waals surface area contributed by atoms with Crippen LogP contribution in [0.1, 0.15) is 20.9 Å². The minimum Gasteiger partial charge on any atom is -0.340 e. The van der Waals surface area contributed by atoms with E-state index in [2.05, 4.69) is 10.3 Å². The summed E-state index contributed by atoms with van der Waals surface area (Å²) in [4.78, 5) is 32.3. The minimum atomic E-state index is -0.310. The predicted octanol–water partition coefficient (Wildman–Crippen LogP) is 3.62. The molecule has 1 aromatic carbocycles. The first-order valence-electron chi connectivity index (χ1n) is 8.90. The van der Waals surface area contributed by atoms with Crippen molar-refractivity contribution in [3.63, 3.8) is 0 Å². The molecule has 2 aromatic heterocycles. The van der Waals surface area contributed by atoms with Gasteiger partial charge in [0, 0.05) is 42.3 Å². The molecule has 6 heteroatoms. The normalized spacial score (nSPS) is 11.1. The van der Waals surface area contributed by atoms with E-state index in [-0.39, 0.29) is 17.5 Å². The monoisotopic (exact) mass is 391 g/mol. The SMILES string of the molecule is CN(CCc1ccccn1)C(=O)C(=Cc1cccs1)NC(=O)c1ccccc1. The van der Waals surface area contributed by atoms with Crippen LogP contribution in [0.3, 0.4) is 0 Å². The number of carbonyl (C=O) groups is 2. The zero-order valence-electron chi connectivity index (χ0n) is 15.5. The van der Waals surface area contributed by atoms with Crippen molar-refractivity contribution in [2.75, 3.05) is 13.6 Å². The molecule has 0 aliphatic heterocycles. The lowest BCUT2D eigenvalue weighted by molar-refractivity contribution is -0.126. The van der Waals surface area contributed by atoms with Gasteiger partial charge in [-0.05, 0) is 41.8 Å². The Hall–Kier alpha value is -3.25. The van der Waals surface area contributed by atoms with Gasteiger partial charge in [-0.25, -0.2) is 0 Å². The predicted molar refractivity (Wildman–Crippen MR) is 112 cm³/mol. The van der Waals surface area contributed by atoms with E-state index in [1.54, 1.807) is 48.5 Å². The highest BCUT2D eigenvalue weighted by Gasteiger charge is 2.18. The Bertz CT molecular complexity index is 938. The maximum Gasteiger partial charge on any atom is 0.270 e. The van der Waals surface area contributed by atoms with Crippen molar-refractivity contribution in [1.29, 1.82) is 0 Å². The largest absolute Gasteiger partial charge is 0.340 e. The van der Waals surface area contributed by atoms with E-state index < -0.39 is 0 Å². The Balaban J connectivity index is 1.74. The van der Waals surface area contributed by atoms with E-state index in [9.17, 15) is 9.59 Å². The summed E-state index contributed by atoms with van der Waals surface area (Å²) in [5.74, 6) is -0.552. The van der Waals surface area contributed by atoms with Crippen molar-refractivity contribution in [2.24, 2.45) is 0 Å². The molecule has 0 aliphatic carbocycles. The molecule has 3 rings (SSSR count). The number of benzene rings is 1. The Kier molecular flexibility index (Phi) is 6.70. The summed E-state index contributed by atoms with van der Waals surface area (Å²) in [5, 5.41) is 4.70. The standard InChI is InChI=1S/C22H21N3O2S/c1-25(14-12-18-10-5-6-13-23-18)22(27)20(16-19-11-7-15-28-19)24-21(26)17-8-3-2-4-9-17/h2-11,13,15-16H,12,14H2,1H3,(H,24,26). The molecule has 2 amide bonds. The van der Waals surface area contributed by atoms with Gasteiger partial charge < -0.3 is 10.2 Å². The van der Waals surface area contributed by atoms with Gasteiger partial charge in [0.25, 0.3) is 11.8 Å². The van der Waals surface area contributed by atoms with Crippen LogP contribution in [0.15, 0.2) is 77.9 Å². The van der Waals surface area contributed by atoms with Crippen molar-refractivity contribution in [3.8, 4) is 0 Å². The molecule has 28 heavy (non-hydrogen) atoms. The van der Waals surface area contributed by atoms with Crippen LogP contribution in [-0.2, 0) is 11.2 Å². The highest BCUT2D eigenvalue weighted by Crippen LogP contribution is 2.14. The number of nitrogens with one attached hydrogen (secondary N) is 1. The Labute approximate surface area is 168 Å². The molecule has 0 saturated carbocycles. The topological polar surface area (TPSA) is 62.3 Å². The number of pyridine rings is 1. The van der Waals surface area contributed by atoms with Crippen LogP contribution in [0, 0.1) is 0 Å². The zero-order chi connectivity index (χ0) is 19.8. The first kappa shape index (κ1) is 19.5. The molecule has 0 atom stereocenters. The Morgan fingerprint density at radius 2 is 1.86 bits per heavy atom. The number of rotatable bonds is 7. The third-order valence-electron chi connectivity index (χ3n) is 4.12. The number of likely N-dealkylation sites (N-methyl/N-ethyl adjacent to an activating group) is 1. The van der Waals surface area contributed by atoms with E-state index in [4.69, 9.17) is 0 Å². The average Bonchev–Trinajstić information content (AvgIpc) is 3.25. The number of carbonyl (C=O) groups excluding carboxylic acids is 2. The van der Waals surface area contributed by atoms with Gasteiger partial charge in [-0.2, -0.15) is 0 Å². The molecular formula is C22H21N3O2S. The number of nitrogens with zero attached hydrogens (tertiary/aromatic N) is 2. The maximum absolute atomic E-state index is 13.0. The Morgan fingerprint density at radius 3 is 2.54 bits per heavy atom. The fourth-order valence-electron chi connectivity index (χ4n) is 2.59. The smallest absolute Gasteiger partial charge is 0.270 e. The van der Waals surface area contributed by atoms with Crippen LogP contribution in [-0.4, -0.2) is 35.3 Å². The van der Waals surface area contributed by atoms with Crippen molar-refractivity contribution >= 4 is 29.2 Å². The molecule has 2 heterocycles. The average molecular weight is 391 g/mol. The van der Waals surface area contributed by atoms with Crippen LogP contribution in [0.5, 0.6) is 0 Å². The van der Waals surface area contributed by atoms with E-state index in [0.717, 1.165) is 10.6 Å². The van der Waals surface area contributed by atoms with Gasteiger partial charge in [-0.3, -0.25) is 14.6 Å². The van der Waals surface area contributed by atoms with Gasteiger partial charge in [-0.1, -0.05) is 30.3 Å². The molecule has 3 aromatic rings. The van der Waals surface area contributed by atoms with Crippen molar-refractivity contribution in [1.82, 2.24) is 15.2 Å². The van der Waals surface area contributed by atoms with Gasteiger partial charge in [0.2, 0.25) is 0 Å². The number of aromatic nitrogens is 1. The maximum atomic E-state index is 13.0. The molecule has 0 radical (unpaired) electrons. The quantitative estimate of drug-likeness (QED) is 0.626. The minimum absolute atomic E-state index is 0.242. The van der Waals surface area contributed by atoms with E-state index in [1.807, 2.05) is 41.8 Å². The fraction of sp³-hybridized carbons (Fsp3) is 0.136. The zero-order valence-corrected chi connectivity index (χ0v) is 16.4. The first-order valence-corrected chi connectivity index (χ1v) is 9.78. The van der Waals surface area contributed by atoms with Gasteiger partial charge in [0.15, 0.2) is 0 Å². The number of thiophene rings is 1. The lowest BCUT2D eigenvalue weighted by atomic mass is 10.2. The molecular weight excluding hydrogens is 370 g/mol. The molecule has 0 bridgehead atoms.